The molecule has 2 aliphatic rings. The second-order valence-electron chi connectivity index (χ2n) is 6.31. The molecular weight excluding hydrogens is 280 g/mol. The van der Waals surface area contributed by atoms with Crippen molar-refractivity contribution in [2.24, 2.45) is 0 Å². The van der Waals surface area contributed by atoms with Gasteiger partial charge in [-0.3, -0.25) is 4.79 Å². The molecule has 1 aromatic carbocycles. The summed E-state index contributed by atoms with van der Waals surface area (Å²) in [5, 5.41) is 12.4. The third-order valence-corrected chi connectivity index (χ3v) is 4.22. The summed E-state index contributed by atoms with van der Waals surface area (Å²) in [6.45, 7) is 2.03. The van der Waals surface area contributed by atoms with Crippen LogP contribution >= 0.6 is 0 Å². The number of nitrogens with zero attached hydrogens (tertiary/aromatic N) is 1. The molecule has 3 rings (SSSR count). The molecule has 1 saturated carbocycles. The van der Waals surface area contributed by atoms with Gasteiger partial charge in [0.25, 0.3) is 0 Å². The van der Waals surface area contributed by atoms with Crippen LogP contribution in [0.1, 0.15) is 48.5 Å². The van der Waals surface area contributed by atoms with Crippen molar-refractivity contribution in [3.63, 3.8) is 0 Å². The third-order valence-electron chi connectivity index (χ3n) is 4.22. The van der Waals surface area contributed by atoms with E-state index in [1.165, 1.54) is 0 Å². The van der Waals surface area contributed by atoms with E-state index in [0.29, 0.717) is 13.0 Å². The van der Waals surface area contributed by atoms with Crippen molar-refractivity contribution in [3.8, 4) is 0 Å². The minimum absolute atomic E-state index is 0.175. The molecule has 1 atom stereocenters. The fraction of sp³-hybridized carbons (Fsp3) is 0.529. The van der Waals surface area contributed by atoms with Crippen LogP contribution in [-0.4, -0.2) is 40.5 Å². The van der Waals surface area contributed by atoms with Crippen LogP contribution in [0.2, 0.25) is 0 Å². The lowest BCUT2D eigenvalue weighted by Crippen LogP contribution is -2.41. The Bertz CT molecular complexity index is 594. The number of aliphatic hydroxyl groups excluding tert-OH is 1. The molecule has 1 aromatic rings. The Morgan fingerprint density at radius 1 is 1.41 bits per heavy atom. The number of Topliss-reactive ketones (excluding diaryl/α,β-unsaturated/α-hetero) is 1. The highest BCUT2D eigenvalue weighted by Gasteiger charge is 2.33. The predicted octanol–water partition coefficient (Wildman–Crippen LogP) is 2.58. The normalized spacial score (nSPS) is 18.5. The summed E-state index contributed by atoms with van der Waals surface area (Å²) >= 11 is 0. The monoisotopic (exact) mass is 302 g/mol. The molecule has 118 valence electrons. The quantitative estimate of drug-likeness (QED) is 0.898. The second kappa shape index (κ2) is 6.08. The number of hydrogen-bond donors (Lipinski definition) is 2. The number of carbonyl (C=O) groups is 2. The standard InChI is InChI=1S/C17H22N2O3/c1-11(20)10-19(14-6-7-14)17(22)18-13-5-8-15-12(9-13)3-2-4-16(15)21/h5,8-9,11,14,20H,2-4,6-7,10H2,1H3,(H,18,22). The lowest BCUT2D eigenvalue weighted by Gasteiger charge is -2.24. The number of aliphatic hydroxyl groups is 1. The van der Waals surface area contributed by atoms with E-state index in [0.717, 1.165) is 42.5 Å². The highest BCUT2D eigenvalue weighted by Crippen LogP contribution is 2.28. The van der Waals surface area contributed by atoms with E-state index in [-0.39, 0.29) is 17.9 Å². The first-order valence-corrected chi connectivity index (χ1v) is 7.96. The molecule has 2 aliphatic carbocycles. The minimum Gasteiger partial charge on any atom is -0.392 e. The van der Waals surface area contributed by atoms with Gasteiger partial charge >= 0.3 is 6.03 Å². The van der Waals surface area contributed by atoms with Gasteiger partial charge in [-0.1, -0.05) is 0 Å². The zero-order valence-corrected chi connectivity index (χ0v) is 12.8. The Morgan fingerprint density at radius 3 is 2.86 bits per heavy atom. The highest BCUT2D eigenvalue weighted by molar-refractivity contribution is 5.99. The number of amides is 2. The van der Waals surface area contributed by atoms with Gasteiger partial charge in [0.05, 0.1) is 6.10 Å². The molecule has 0 radical (unpaired) electrons. The van der Waals surface area contributed by atoms with Crippen molar-refractivity contribution in [2.45, 2.75) is 51.2 Å². The maximum absolute atomic E-state index is 12.4. The summed E-state index contributed by atoms with van der Waals surface area (Å²) < 4.78 is 0. The van der Waals surface area contributed by atoms with Crippen molar-refractivity contribution in [2.75, 3.05) is 11.9 Å². The first-order chi connectivity index (χ1) is 10.5. The van der Waals surface area contributed by atoms with Crippen molar-refractivity contribution in [1.82, 2.24) is 4.90 Å². The van der Waals surface area contributed by atoms with E-state index in [1.807, 2.05) is 12.1 Å². The Hall–Kier alpha value is -1.88. The summed E-state index contributed by atoms with van der Waals surface area (Å²) in [7, 11) is 0. The molecule has 5 heteroatoms. The van der Waals surface area contributed by atoms with Crippen LogP contribution in [-0.2, 0) is 6.42 Å². The van der Waals surface area contributed by atoms with Crippen LogP contribution in [0.15, 0.2) is 18.2 Å². The zero-order valence-electron chi connectivity index (χ0n) is 12.8. The van der Waals surface area contributed by atoms with E-state index >= 15 is 0 Å². The van der Waals surface area contributed by atoms with Crippen LogP contribution in [0.3, 0.4) is 0 Å². The highest BCUT2D eigenvalue weighted by atomic mass is 16.3. The number of urea groups is 1. The molecule has 0 aromatic heterocycles. The van der Waals surface area contributed by atoms with Gasteiger partial charge in [-0.05, 0) is 56.4 Å². The molecule has 0 heterocycles. The molecule has 0 saturated heterocycles. The van der Waals surface area contributed by atoms with Gasteiger partial charge in [0, 0.05) is 30.3 Å². The molecular formula is C17H22N2O3. The second-order valence-corrected chi connectivity index (χ2v) is 6.31. The molecule has 0 aliphatic heterocycles. The van der Waals surface area contributed by atoms with E-state index in [9.17, 15) is 14.7 Å². The summed E-state index contributed by atoms with van der Waals surface area (Å²) in [6, 6.07) is 5.56. The van der Waals surface area contributed by atoms with Crippen LogP contribution in [0.4, 0.5) is 10.5 Å². The molecule has 5 nitrogen and oxygen atoms in total. The summed E-state index contributed by atoms with van der Waals surface area (Å²) in [5.41, 5.74) is 2.52. The summed E-state index contributed by atoms with van der Waals surface area (Å²) in [5.74, 6) is 0.188. The zero-order chi connectivity index (χ0) is 15.7. The van der Waals surface area contributed by atoms with Crippen LogP contribution < -0.4 is 5.32 Å². The summed E-state index contributed by atoms with van der Waals surface area (Å²) in [4.78, 5) is 25.9. The molecule has 2 amide bonds. The lowest BCUT2D eigenvalue weighted by molar-refractivity contribution is 0.0972. The molecule has 2 N–H and O–H groups in total. The van der Waals surface area contributed by atoms with Gasteiger partial charge in [-0.15, -0.1) is 0 Å². The Kier molecular flexibility index (Phi) is 4.16. The average Bonchev–Trinajstić information content (AvgIpc) is 3.29. The van der Waals surface area contributed by atoms with Gasteiger partial charge in [-0.25, -0.2) is 4.79 Å². The maximum atomic E-state index is 12.4. The van der Waals surface area contributed by atoms with E-state index in [2.05, 4.69) is 5.32 Å². The SMILES string of the molecule is CC(O)CN(C(=O)Nc1ccc2c(c1)CCCC2=O)C1CC1. The third kappa shape index (κ3) is 3.30. The number of ketones is 1. The lowest BCUT2D eigenvalue weighted by atomic mass is 9.90. The topological polar surface area (TPSA) is 69.6 Å². The van der Waals surface area contributed by atoms with Crippen molar-refractivity contribution in [3.05, 3.63) is 29.3 Å². The first-order valence-electron chi connectivity index (χ1n) is 7.96. The largest absolute Gasteiger partial charge is 0.392 e. The number of aryl methyl sites for hydroxylation is 1. The van der Waals surface area contributed by atoms with Crippen molar-refractivity contribution < 1.29 is 14.7 Å². The van der Waals surface area contributed by atoms with Crippen LogP contribution in [0, 0.1) is 0 Å². The predicted molar refractivity (Wildman–Crippen MR) is 84.1 cm³/mol. The van der Waals surface area contributed by atoms with Gasteiger partial charge < -0.3 is 15.3 Å². The minimum atomic E-state index is -0.535. The Balaban J connectivity index is 1.72. The number of nitrogens with one attached hydrogen (secondary N) is 1. The van der Waals surface area contributed by atoms with Crippen molar-refractivity contribution >= 4 is 17.5 Å². The molecule has 1 fully saturated rings. The van der Waals surface area contributed by atoms with Gasteiger partial charge in [-0.2, -0.15) is 0 Å². The number of rotatable bonds is 4. The fourth-order valence-corrected chi connectivity index (χ4v) is 2.99. The van der Waals surface area contributed by atoms with Gasteiger partial charge in [0.1, 0.15) is 0 Å². The average molecular weight is 302 g/mol. The summed E-state index contributed by atoms with van der Waals surface area (Å²) in [6.07, 6.45) is 3.83. The van der Waals surface area contributed by atoms with Crippen LogP contribution in [0.25, 0.3) is 0 Å². The molecule has 1 unspecified atom stereocenters. The molecule has 22 heavy (non-hydrogen) atoms. The molecule has 0 bridgehead atoms. The van der Waals surface area contributed by atoms with E-state index in [1.54, 1.807) is 17.9 Å². The number of fused-ring (bicyclic) bond motifs is 1. The Morgan fingerprint density at radius 2 is 2.18 bits per heavy atom. The van der Waals surface area contributed by atoms with Gasteiger partial charge in [0.2, 0.25) is 0 Å². The number of anilines is 1. The fourth-order valence-electron chi connectivity index (χ4n) is 2.99. The first kappa shape index (κ1) is 15.0. The number of benzene rings is 1. The maximum Gasteiger partial charge on any atom is 0.322 e. The van der Waals surface area contributed by atoms with Crippen molar-refractivity contribution in [1.29, 1.82) is 0 Å². The van der Waals surface area contributed by atoms with E-state index in [4.69, 9.17) is 0 Å². The number of hydrogen-bond acceptors (Lipinski definition) is 3. The van der Waals surface area contributed by atoms with Gasteiger partial charge in [0.15, 0.2) is 5.78 Å². The number of carbonyl (C=O) groups excluding carboxylic acids is 2. The Labute approximate surface area is 130 Å². The van der Waals surface area contributed by atoms with Crippen LogP contribution in [0.5, 0.6) is 0 Å². The smallest absolute Gasteiger partial charge is 0.322 e. The molecule has 0 spiro atoms. The van der Waals surface area contributed by atoms with E-state index < -0.39 is 6.10 Å².